The number of carbonyl (C=O) groups excluding carboxylic acids is 1. The van der Waals surface area contributed by atoms with Gasteiger partial charge in [0.1, 0.15) is 5.82 Å². The lowest BCUT2D eigenvalue weighted by molar-refractivity contribution is 0.105. The van der Waals surface area contributed by atoms with Crippen molar-refractivity contribution in [1.82, 2.24) is 14.9 Å². The van der Waals surface area contributed by atoms with Crippen LogP contribution in [0.3, 0.4) is 0 Å². The van der Waals surface area contributed by atoms with Crippen LogP contribution in [0.5, 0.6) is 0 Å². The summed E-state index contributed by atoms with van der Waals surface area (Å²) in [5, 5.41) is 0. The molecule has 1 aliphatic heterocycles. The second kappa shape index (κ2) is 8.91. The standard InChI is InChI=1S/C21H29N5O2/c1-5-26(18-9-7-8-16(3)14-18)20-22-17(4)15-19(23-20)24-10-12-25(13-11-24)21(27)28-6-2/h7-9,14-15H,5-6,10-13H2,1-4H3. The summed E-state index contributed by atoms with van der Waals surface area (Å²) in [5.74, 6) is 1.60. The van der Waals surface area contributed by atoms with E-state index in [2.05, 4.69) is 52.9 Å². The van der Waals surface area contributed by atoms with E-state index in [4.69, 9.17) is 9.72 Å². The van der Waals surface area contributed by atoms with Gasteiger partial charge in [0.2, 0.25) is 5.95 Å². The van der Waals surface area contributed by atoms with Gasteiger partial charge in [0, 0.05) is 50.2 Å². The fourth-order valence-electron chi connectivity index (χ4n) is 3.39. The number of benzene rings is 1. The number of nitrogens with zero attached hydrogens (tertiary/aromatic N) is 5. The third kappa shape index (κ3) is 4.52. The Bertz CT molecular complexity index is 818. The van der Waals surface area contributed by atoms with E-state index in [0.29, 0.717) is 25.6 Å². The van der Waals surface area contributed by atoms with Crippen molar-refractivity contribution in [2.75, 3.05) is 49.1 Å². The summed E-state index contributed by atoms with van der Waals surface area (Å²) in [6, 6.07) is 10.4. The second-order valence-corrected chi connectivity index (χ2v) is 6.92. The number of hydrogen-bond donors (Lipinski definition) is 0. The van der Waals surface area contributed by atoms with Gasteiger partial charge in [-0.05, 0) is 45.4 Å². The van der Waals surface area contributed by atoms with Crippen molar-refractivity contribution < 1.29 is 9.53 Å². The van der Waals surface area contributed by atoms with Gasteiger partial charge in [0.15, 0.2) is 0 Å². The van der Waals surface area contributed by atoms with Crippen LogP contribution in [0.2, 0.25) is 0 Å². The number of amides is 1. The predicted octanol–water partition coefficient (Wildman–Crippen LogP) is 3.53. The molecule has 0 spiro atoms. The van der Waals surface area contributed by atoms with E-state index < -0.39 is 0 Å². The zero-order valence-corrected chi connectivity index (χ0v) is 17.2. The van der Waals surface area contributed by atoms with Gasteiger partial charge in [-0.1, -0.05) is 12.1 Å². The van der Waals surface area contributed by atoms with Crippen LogP contribution in [0.25, 0.3) is 0 Å². The van der Waals surface area contributed by atoms with Gasteiger partial charge < -0.3 is 19.4 Å². The summed E-state index contributed by atoms with van der Waals surface area (Å²) >= 11 is 0. The Balaban J connectivity index is 1.79. The number of aryl methyl sites for hydroxylation is 2. The van der Waals surface area contributed by atoms with Crippen molar-refractivity contribution >= 4 is 23.5 Å². The summed E-state index contributed by atoms with van der Waals surface area (Å²) in [6.45, 7) is 11.9. The van der Waals surface area contributed by atoms with Crippen molar-refractivity contribution in [3.8, 4) is 0 Å². The molecule has 0 saturated carbocycles. The van der Waals surface area contributed by atoms with Crippen molar-refractivity contribution in [1.29, 1.82) is 0 Å². The van der Waals surface area contributed by atoms with E-state index in [1.165, 1.54) is 5.56 Å². The van der Waals surface area contributed by atoms with Crippen LogP contribution in [-0.2, 0) is 4.74 Å². The van der Waals surface area contributed by atoms with E-state index in [9.17, 15) is 4.79 Å². The van der Waals surface area contributed by atoms with E-state index in [-0.39, 0.29) is 6.09 Å². The summed E-state index contributed by atoms with van der Waals surface area (Å²) in [6.07, 6.45) is -0.238. The van der Waals surface area contributed by atoms with Crippen molar-refractivity contribution in [2.45, 2.75) is 27.7 Å². The minimum absolute atomic E-state index is 0.238. The van der Waals surface area contributed by atoms with Crippen LogP contribution in [0, 0.1) is 13.8 Å². The Kier molecular flexibility index (Phi) is 6.34. The summed E-state index contributed by atoms with van der Waals surface area (Å²) < 4.78 is 5.10. The largest absolute Gasteiger partial charge is 0.450 e. The maximum atomic E-state index is 11.9. The quantitative estimate of drug-likeness (QED) is 0.787. The molecule has 1 fully saturated rings. The number of aromatic nitrogens is 2. The summed E-state index contributed by atoms with van der Waals surface area (Å²) in [5.41, 5.74) is 3.23. The Labute approximate surface area is 166 Å². The van der Waals surface area contributed by atoms with Gasteiger partial charge in [-0.2, -0.15) is 4.98 Å². The number of anilines is 3. The number of rotatable bonds is 5. The van der Waals surface area contributed by atoms with Crippen LogP contribution in [0.15, 0.2) is 30.3 Å². The average molecular weight is 383 g/mol. The molecule has 0 unspecified atom stereocenters. The number of carbonyl (C=O) groups is 1. The first kappa shape index (κ1) is 19.9. The first-order chi connectivity index (χ1) is 13.5. The molecule has 1 aromatic carbocycles. The molecule has 28 heavy (non-hydrogen) atoms. The molecule has 0 aliphatic carbocycles. The molecular formula is C21H29N5O2. The molecule has 1 aromatic heterocycles. The smallest absolute Gasteiger partial charge is 0.409 e. The third-order valence-electron chi connectivity index (χ3n) is 4.83. The molecule has 0 atom stereocenters. The van der Waals surface area contributed by atoms with Crippen molar-refractivity contribution in [3.05, 3.63) is 41.6 Å². The van der Waals surface area contributed by atoms with Crippen LogP contribution in [0.4, 0.5) is 22.2 Å². The number of piperazine rings is 1. The van der Waals surface area contributed by atoms with Crippen LogP contribution < -0.4 is 9.80 Å². The molecule has 0 N–H and O–H groups in total. The molecule has 7 nitrogen and oxygen atoms in total. The number of hydrogen-bond acceptors (Lipinski definition) is 6. The predicted molar refractivity (Wildman–Crippen MR) is 111 cm³/mol. The van der Waals surface area contributed by atoms with E-state index in [1.54, 1.807) is 4.90 Å². The van der Waals surface area contributed by atoms with Crippen LogP contribution in [0.1, 0.15) is 25.1 Å². The first-order valence-electron chi connectivity index (χ1n) is 9.88. The fourth-order valence-corrected chi connectivity index (χ4v) is 3.39. The molecular weight excluding hydrogens is 354 g/mol. The highest BCUT2D eigenvalue weighted by Crippen LogP contribution is 2.26. The molecule has 1 amide bonds. The lowest BCUT2D eigenvalue weighted by Gasteiger charge is -2.35. The average Bonchev–Trinajstić information content (AvgIpc) is 2.68. The molecule has 1 saturated heterocycles. The highest BCUT2D eigenvalue weighted by molar-refractivity contribution is 5.68. The molecule has 3 rings (SSSR count). The van der Waals surface area contributed by atoms with E-state index in [0.717, 1.165) is 36.8 Å². The Morgan fingerprint density at radius 1 is 1.11 bits per heavy atom. The van der Waals surface area contributed by atoms with Gasteiger partial charge in [-0.15, -0.1) is 0 Å². The Hall–Kier alpha value is -2.83. The fraction of sp³-hybridized carbons (Fsp3) is 0.476. The SMILES string of the molecule is CCOC(=O)N1CCN(c2cc(C)nc(N(CC)c3cccc(C)c3)n2)CC1. The van der Waals surface area contributed by atoms with Gasteiger partial charge in [-0.3, -0.25) is 0 Å². The van der Waals surface area contributed by atoms with E-state index >= 15 is 0 Å². The minimum Gasteiger partial charge on any atom is -0.450 e. The molecule has 0 radical (unpaired) electrons. The van der Waals surface area contributed by atoms with Crippen LogP contribution in [-0.4, -0.2) is 60.3 Å². The lowest BCUT2D eigenvalue weighted by Crippen LogP contribution is -2.49. The molecule has 150 valence electrons. The summed E-state index contributed by atoms with van der Waals surface area (Å²) in [4.78, 5) is 27.5. The third-order valence-corrected chi connectivity index (χ3v) is 4.83. The molecule has 0 bridgehead atoms. The highest BCUT2D eigenvalue weighted by atomic mass is 16.6. The number of ether oxygens (including phenoxy) is 1. The first-order valence-corrected chi connectivity index (χ1v) is 9.88. The second-order valence-electron chi connectivity index (χ2n) is 6.92. The maximum Gasteiger partial charge on any atom is 0.409 e. The summed E-state index contributed by atoms with van der Waals surface area (Å²) in [7, 11) is 0. The maximum absolute atomic E-state index is 11.9. The molecule has 2 aromatic rings. The Morgan fingerprint density at radius 2 is 1.86 bits per heavy atom. The van der Waals surface area contributed by atoms with Crippen molar-refractivity contribution in [3.63, 3.8) is 0 Å². The van der Waals surface area contributed by atoms with Gasteiger partial charge >= 0.3 is 6.09 Å². The Morgan fingerprint density at radius 3 is 2.50 bits per heavy atom. The molecule has 7 heteroatoms. The zero-order valence-electron chi connectivity index (χ0n) is 17.2. The topological polar surface area (TPSA) is 61.8 Å². The zero-order chi connectivity index (χ0) is 20.1. The van der Waals surface area contributed by atoms with E-state index in [1.807, 2.05) is 19.9 Å². The van der Waals surface area contributed by atoms with Gasteiger partial charge in [0.25, 0.3) is 0 Å². The molecule has 1 aliphatic rings. The van der Waals surface area contributed by atoms with Gasteiger partial charge in [0.05, 0.1) is 6.61 Å². The van der Waals surface area contributed by atoms with Gasteiger partial charge in [-0.25, -0.2) is 9.78 Å². The van der Waals surface area contributed by atoms with Crippen molar-refractivity contribution in [2.24, 2.45) is 0 Å². The molecule has 2 heterocycles. The highest BCUT2D eigenvalue weighted by Gasteiger charge is 2.24. The van der Waals surface area contributed by atoms with Crippen LogP contribution >= 0.6 is 0 Å². The normalized spacial score (nSPS) is 14.1. The minimum atomic E-state index is -0.238. The monoisotopic (exact) mass is 383 g/mol. The lowest BCUT2D eigenvalue weighted by atomic mass is 10.2.